The Bertz CT molecular complexity index is 368. The zero-order chi connectivity index (χ0) is 11.0. The molecule has 0 N–H and O–H groups in total. The quantitative estimate of drug-likeness (QED) is 0.638. The van der Waals surface area contributed by atoms with Crippen LogP contribution in [-0.2, 0) is 9.47 Å². The Balaban J connectivity index is 1.57. The van der Waals surface area contributed by atoms with E-state index in [1.54, 1.807) is 5.57 Å². The van der Waals surface area contributed by atoms with Gasteiger partial charge in [0, 0.05) is 6.42 Å². The minimum absolute atomic E-state index is 0.111. The van der Waals surface area contributed by atoms with Gasteiger partial charge in [0.2, 0.25) is 0 Å². The summed E-state index contributed by atoms with van der Waals surface area (Å²) >= 11 is 0. The van der Waals surface area contributed by atoms with Crippen molar-refractivity contribution >= 4 is 0 Å². The molecule has 2 heteroatoms. The minimum Gasteiger partial charge on any atom is -0.467 e. The Labute approximate surface area is 102 Å². The summed E-state index contributed by atoms with van der Waals surface area (Å²) in [7, 11) is 0. The first-order chi connectivity index (χ1) is 8.37. The van der Waals surface area contributed by atoms with Gasteiger partial charge >= 0.3 is 0 Å². The van der Waals surface area contributed by atoms with Crippen LogP contribution < -0.4 is 0 Å². The van der Waals surface area contributed by atoms with Crippen molar-refractivity contribution in [3.63, 3.8) is 0 Å². The van der Waals surface area contributed by atoms with Crippen LogP contribution in [0.4, 0.5) is 0 Å². The third-order valence-electron chi connectivity index (χ3n) is 5.83. The predicted molar refractivity (Wildman–Crippen MR) is 63.1 cm³/mol. The lowest BCUT2D eigenvalue weighted by Gasteiger charge is -2.51. The van der Waals surface area contributed by atoms with E-state index < -0.39 is 0 Å². The van der Waals surface area contributed by atoms with Gasteiger partial charge in [-0.25, -0.2) is 0 Å². The maximum atomic E-state index is 6.04. The van der Waals surface area contributed by atoms with Crippen LogP contribution in [0.5, 0.6) is 0 Å². The van der Waals surface area contributed by atoms with Gasteiger partial charge in [-0.2, -0.15) is 0 Å². The molecule has 0 aromatic heterocycles. The van der Waals surface area contributed by atoms with Crippen LogP contribution >= 0.6 is 0 Å². The van der Waals surface area contributed by atoms with Crippen molar-refractivity contribution in [1.82, 2.24) is 0 Å². The fourth-order valence-corrected chi connectivity index (χ4v) is 5.45. The van der Waals surface area contributed by atoms with Gasteiger partial charge in [-0.3, -0.25) is 0 Å². The number of fused-ring (bicyclic) bond motifs is 2. The molecule has 0 amide bonds. The number of rotatable bonds is 0. The first-order valence-corrected chi connectivity index (χ1v) is 7.43. The van der Waals surface area contributed by atoms with Gasteiger partial charge in [0.15, 0.2) is 6.29 Å². The fourth-order valence-electron chi connectivity index (χ4n) is 5.45. The first kappa shape index (κ1) is 9.43. The molecule has 0 aromatic carbocycles. The van der Waals surface area contributed by atoms with Gasteiger partial charge in [0.1, 0.15) is 11.9 Å². The lowest BCUT2D eigenvalue weighted by Crippen LogP contribution is -2.41. The van der Waals surface area contributed by atoms with Gasteiger partial charge in [0.25, 0.3) is 0 Å². The van der Waals surface area contributed by atoms with Crippen LogP contribution in [0.2, 0.25) is 0 Å². The molecular weight excluding hydrogens is 212 g/mol. The molecule has 0 aromatic rings. The van der Waals surface area contributed by atoms with Crippen LogP contribution in [0, 0.1) is 23.7 Å². The number of ether oxygens (including phenoxy) is 2. The summed E-state index contributed by atoms with van der Waals surface area (Å²) in [6, 6.07) is 0. The lowest BCUT2D eigenvalue weighted by atomic mass is 9.54. The molecule has 92 valence electrons. The molecule has 4 saturated carbocycles. The SMILES string of the molecule is C1C2CC3CC1CC(C2)C3=C1O[C@H]2CC[C@@H]1O2. The molecule has 0 unspecified atom stereocenters. The molecule has 6 bridgehead atoms. The lowest BCUT2D eigenvalue weighted by molar-refractivity contribution is -0.0188. The molecule has 2 atom stereocenters. The average Bonchev–Trinajstić information content (AvgIpc) is 2.89. The van der Waals surface area contributed by atoms with Gasteiger partial charge < -0.3 is 9.47 Å². The number of hydrogen-bond acceptors (Lipinski definition) is 2. The van der Waals surface area contributed by atoms with Gasteiger partial charge in [0.05, 0.1) is 0 Å². The molecule has 2 heterocycles. The van der Waals surface area contributed by atoms with E-state index in [1.165, 1.54) is 44.3 Å². The van der Waals surface area contributed by atoms with E-state index in [2.05, 4.69) is 0 Å². The Kier molecular flexibility index (Phi) is 1.71. The zero-order valence-corrected chi connectivity index (χ0v) is 10.2. The molecule has 0 radical (unpaired) electrons. The summed E-state index contributed by atoms with van der Waals surface area (Å²) in [5.74, 6) is 5.12. The highest BCUT2D eigenvalue weighted by atomic mass is 16.7. The molecule has 0 spiro atoms. The van der Waals surface area contributed by atoms with E-state index in [0.717, 1.165) is 30.1 Å². The highest BCUT2D eigenvalue weighted by molar-refractivity contribution is 5.27. The summed E-state index contributed by atoms with van der Waals surface area (Å²) in [4.78, 5) is 0. The Morgan fingerprint density at radius 3 is 2.06 bits per heavy atom. The summed E-state index contributed by atoms with van der Waals surface area (Å²) in [5.41, 5.74) is 1.71. The van der Waals surface area contributed by atoms with Gasteiger partial charge in [-0.05, 0) is 67.8 Å². The Morgan fingerprint density at radius 1 is 0.824 bits per heavy atom. The maximum absolute atomic E-state index is 6.04. The van der Waals surface area contributed by atoms with E-state index in [-0.39, 0.29) is 6.29 Å². The molecule has 6 aliphatic rings. The van der Waals surface area contributed by atoms with Crippen molar-refractivity contribution in [2.75, 3.05) is 0 Å². The molecule has 4 aliphatic carbocycles. The van der Waals surface area contributed by atoms with Crippen molar-refractivity contribution in [2.45, 2.75) is 57.3 Å². The summed E-state index contributed by atoms with van der Waals surface area (Å²) in [6.07, 6.45) is 10.1. The van der Waals surface area contributed by atoms with Crippen LogP contribution in [0.15, 0.2) is 11.3 Å². The maximum Gasteiger partial charge on any atom is 0.200 e. The van der Waals surface area contributed by atoms with Crippen LogP contribution in [0.1, 0.15) is 44.9 Å². The number of hydrogen-bond donors (Lipinski definition) is 0. The van der Waals surface area contributed by atoms with Crippen molar-refractivity contribution < 1.29 is 9.47 Å². The molecule has 2 aliphatic heterocycles. The highest BCUT2D eigenvalue weighted by Gasteiger charge is 2.50. The third kappa shape index (κ3) is 1.20. The second kappa shape index (κ2) is 3.09. The topological polar surface area (TPSA) is 18.5 Å². The molecule has 6 rings (SSSR count). The molecular formula is C15H20O2. The predicted octanol–water partition coefficient (Wildman–Crippen LogP) is 3.23. The third-order valence-corrected chi connectivity index (χ3v) is 5.83. The Hall–Kier alpha value is -0.500. The van der Waals surface area contributed by atoms with E-state index in [0.29, 0.717) is 6.10 Å². The second-order valence-electron chi connectivity index (χ2n) is 6.87. The van der Waals surface area contributed by atoms with E-state index in [1.807, 2.05) is 0 Å². The van der Waals surface area contributed by atoms with Crippen molar-refractivity contribution in [3.8, 4) is 0 Å². The van der Waals surface area contributed by atoms with Crippen LogP contribution in [0.3, 0.4) is 0 Å². The summed E-state index contributed by atoms with van der Waals surface area (Å²) in [5, 5.41) is 0. The van der Waals surface area contributed by atoms with E-state index in [9.17, 15) is 0 Å². The first-order valence-electron chi connectivity index (χ1n) is 7.43. The molecule has 2 saturated heterocycles. The van der Waals surface area contributed by atoms with Crippen molar-refractivity contribution in [1.29, 1.82) is 0 Å². The largest absolute Gasteiger partial charge is 0.467 e. The standard InChI is InChI=1S/C15H20O2/c1-2-13-16-12(1)15(17-13)14-10-4-8-3-9(6-10)7-11(14)5-8/h8-13H,1-7H2/t8?,9?,10?,11?,12-,13-/m0/s1. The normalized spacial score (nSPS) is 54.6. The Morgan fingerprint density at radius 2 is 1.53 bits per heavy atom. The van der Waals surface area contributed by atoms with Crippen molar-refractivity contribution in [2.24, 2.45) is 23.7 Å². The van der Waals surface area contributed by atoms with Crippen molar-refractivity contribution in [3.05, 3.63) is 11.3 Å². The molecule has 17 heavy (non-hydrogen) atoms. The van der Waals surface area contributed by atoms with Gasteiger partial charge in [-0.15, -0.1) is 0 Å². The summed E-state index contributed by atoms with van der Waals surface area (Å²) < 4.78 is 11.9. The second-order valence-corrected chi connectivity index (χ2v) is 6.87. The van der Waals surface area contributed by atoms with E-state index >= 15 is 0 Å². The highest BCUT2D eigenvalue weighted by Crippen LogP contribution is 2.58. The molecule has 6 fully saturated rings. The zero-order valence-electron chi connectivity index (χ0n) is 10.2. The fraction of sp³-hybridized carbons (Fsp3) is 0.867. The van der Waals surface area contributed by atoms with Crippen LogP contribution in [-0.4, -0.2) is 12.4 Å². The van der Waals surface area contributed by atoms with Crippen LogP contribution in [0.25, 0.3) is 0 Å². The molecule has 2 nitrogen and oxygen atoms in total. The number of allylic oxidation sites excluding steroid dienone is 1. The van der Waals surface area contributed by atoms with Gasteiger partial charge in [-0.1, -0.05) is 0 Å². The smallest absolute Gasteiger partial charge is 0.200 e. The monoisotopic (exact) mass is 232 g/mol. The average molecular weight is 232 g/mol. The minimum atomic E-state index is 0.111. The van der Waals surface area contributed by atoms with E-state index in [4.69, 9.17) is 9.47 Å². The summed E-state index contributed by atoms with van der Waals surface area (Å²) in [6.45, 7) is 0.